The number of imidazole rings is 1. The SMILES string of the molecule is Cn1cncc1C1(O)c2cccc(c2)OCc2cccc(c2)-c2cc(=O)n(C)c3ccc1cc23. The fourth-order valence-corrected chi connectivity index (χ4v) is 4.90. The van der Waals surface area contributed by atoms with Crippen LogP contribution < -0.4 is 10.3 Å². The van der Waals surface area contributed by atoms with Crippen molar-refractivity contribution in [1.29, 1.82) is 0 Å². The van der Waals surface area contributed by atoms with Crippen molar-refractivity contribution in [1.82, 2.24) is 14.1 Å². The number of fused-ring (bicyclic) bond motifs is 6. The molecule has 6 heteroatoms. The minimum Gasteiger partial charge on any atom is -0.489 e. The van der Waals surface area contributed by atoms with E-state index < -0.39 is 5.60 Å². The first-order chi connectivity index (χ1) is 16.4. The molecule has 0 aliphatic carbocycles. The first kappa shape index (κ1) is 20.4. The number of aromatic nitrogens is 3. The molecule has 3 aromatic carbocycles. The maximum Gasteiger partial charge on any atom is 0.251 e. The third-order valence-corrected chi connectivity index (χ3v) is 6.75. The molecule has 5 aromatic rings. The van der Waals surface area contributed by atoms with Crippen LogP contribution in [-0.4, -0.2) is 19.2 Å². The van der Waals surface area contributed by atoms with E-state index in [1.807, 2.05) is 72.3 Å². The lowest BCUT2D eigenvalue weighted by atomic mass is 9.82. The monoisotopic (exact) mass is 449 g/mol. The van der Waals surface area contributed by atoms with Gasteiger partial charge in [0.1, 0.15) is 12.4 Å². The smallest absolute Gasteiger partial charge is 0.251 e. The van der Waals surface area contributed by atoms with Crippen molar-refractivity contribution in [2.45, 2.75) is 12.2 Å². The lowest BCUT2D eigenvalue weighted by Crippen LogP contribution is -2.31. The molecular formula is C28H23N3O3. The Kier molecular flexibility index (Phi) is 4.47. The van der Waals surface area contributed by atoms with Crippen LogP contribution in [0.3, 0.4) is 0 Å². The predicted molar refractivity (Wildman–Crippen MR) is 131 cm³/mol. The quantitative estimate of drug-likeness (QED) is 0.418. The molecule has 1 N–H and O–H groups in total. The molecule has 6 nitrogen and oxygen atoms in total. The molecule has 0 saturated heterocycles. The summed E-state index contributed by atoms with van der Waals surface area (Å²) in [6.45, 7) is 0.368. The van der Waals surface area contributed by atoms with Gasteiger partial charge in [-0.15, -0.1) is 0 Å². The second-order valence-corrected chi connectivity index (χ2v) is 8.80. The van der Waals surface area contributed by atoms with Gasteiger partial charge in [0.2, 0.25) is 0 Å². The Morgan fingerprint density at radius 3 is 2.62 bits per heavy atom. The van der Waals surface area contributed by atoms with E-state index >= 15 is 0 Å². The summed E-state index contributed by atoms with van der Waals surface area (Å²) >= 11 is 0. The zero-order valence-electron chi connectivity index (χ0n) is 18.9. The van der Waals surface area contributed by atoms with Crippen LogP contribution in [0.2, 0.25) is 0 Å². The van der Waals surface area contributed by atoms with Crippen LogP contribution in [0.5, 0.6) is 5.75 Å². The number of hydrogen-bond acceptors (Lipinski definition) is 4. The van der Waals surface area contributed by atoms with Crippen LogP contribution >= 0.6 is 0 Å². The van der Waals surface area contributed by atoms with Gasteiger partial charge < -0.3 is 19.0 Å². The van der Waals surface area contributed by atoms with E-state index in [2.05, 4.69) is 11.1 Å². The van der Waals surface area contributed by atoms with Crippen molar-refractivity contribution in [3.05, 3.63) is 118 Å². The molecule has 0 fully saturated rings. The Bertz CT molecular complexity index is 1630. The van der Waals surface area contributed by atoms with Crippen LogP contribution in [0, 0.1) is 0 Å². The van der Waals surface area contributed by atoms with Crippen LogP contribution in [0.4, 0.5) is 0 Å². The van der Waals surface area contributed by atoms with Crippen molar-refractivity contribution in [2.75, 3.05) is 0 Å². The van der Waals surface area contributed by atoms with Gasteiger partial charge in [-0.3, -0.25) is 4.79 Å². The Hall–Kier alpha value is -4.16. The molecule has 0 spiro atoms. The fraction of sp³-hybridized carbons (Fsp3) is 0.143. The number of rotatable bonds is 1. The average Bonchev–Trinajstić information content (AvgIpc) is 3.30. The van der Waals surface area contributed by atoms with Crippen molar-refractivity contribution in [2.24, 2.45) is 14.1 Å². The third kappa shape index (κ3) is 2.99. The molecular weight excluding hydrogens is 426 g/mol. The van der Waals surface area contributed by atoms with Gasteiger partial charge in [0.25, 0.3) is 5.56 Å². The Morgan fingerprint density at radius 2 is 1.79 bits per heavy atom. The molecule has 1 atom stereocenters. The highest BCUT2D eigenvalue weighted by atomic mass is 16.5. The largest absolute Gasteiger partial charge is 0.489 e. The predicted octanol–water partition coefficient (Wildman–Crippen LogP) is 4.12. The van der Waals surface area contributed by atoms with Crippen LogP contribution in [0.15, 0.2) is 90.1 Å². The molecule has 2 aromatic heterocycles. The van der Waals surface area contributed by atoms with Gasteiger partial charge in [0.15, 0.2) is 5.60 Å². The van der Waals surface area contributed by atoms with Gasteiger partial charge in [0.05, 0.1) is 23.7 Å². The summed E-state index contributed by atoms with van der Waals surface area (Å²) in [5.74, 6) is 0.662. The topological polar surface area (TPSA) is 69.3 Å². The summed E-state index contributed by atoms with van der Waals surface area (Å²) < 4.78 is 9.57. The molecule has 168 valence electrons. The Morgan fingerprint density at radius 1 is 0.971 bits per heavy atom. The summed E-state index contributed by atoms with van der Waals surface area (Å²) in [5, 5.41) is 13.3. The number of hydrogen-bond donors (Lipinski definition) is 1. The van der Waals surface area contributed by atoms with Crippen LogP contribution in [-0.2, 0) is 26.3 Å². The summed E-state index contributed by atoms with van der Waals surface area (Å²) in [7, 11) is 3.63. The second kappa shape index (κ2) is 7.43. The van der Waals surface area contributed by atoms with Crippen molar-refractivity contribution in [3.63, 3.8) is 0 Å². The zero-order valence-corrected chi connectivity index (χ0v) is 18.9. The number of nitrogens with zero attached hydrogens (tertiary/aromatic N) is 3. The first-order valence-electron chi connectivity index (χ1n) is 11.1. The molecule has 1 aliphatic rings. The minimum absolute atomic E-state index is 0.0882. The van der Waals surface area contributed by atoms with E-state index in [4.69, 9.17) is 4.74 Å². The molecule has 0 saturated carbocycles. The van der Waals surface area contributed by atoms with Crippen LogP contribution in [0.1, 0.15) is 22.4 Å². The lowest BCUT2D eigenvalue weighted by molar-refractivity contribution is 0.117. The summed E-state index contributed by atoms with van der Waals surface area (Å²) in [6, 6.07) is 23.0. The van der Waals surface area contributed by atoms with Crippen molar-refractivity contribution < 1.29 is 9.84 Å². The normalized spacial score (nSPS) is 17.0. The van der Waals surface area contributed by atoms with E-state index in [0.29, 0.717) is 29.2 Å². The highest BCUT2D eigenvalue weighted by Gasteiger charge is 2.37. The molecule has 34 heavy (non-hydrogen) atoms. The molecule has 1 aliphatic heterocycles. The summed E-state index contributed by atoms with van der Waals surface area (Å²) in [5.41, 5.74) is 3.94. The molecule has 0 radical (unpaired) electrons. The van der Waals surface area contributed by atoms with E-state index in [-0.39, 0.29) is 5.56 Å². The van der Waals surface area contributed by atoms with Gasteiger partial charge in [-0.1, -0.05) is 36.4 Å². The Labute approximate surface area is 196 Å². The number of aliphatic hydroxyl groups is 1. The number of ether oxygens (including phenoxy) is 1. The molecule has 3 heterocycles. The van der Waals surface area contributed by atoms with E-state index in [0.717, 1.165) is 27.6 Å². The zero-order chi connectivity index (χ0) is 23.4. The van der Waals surface area contributed by atoms with E-state index in [1.54, 1.807) is 30.2 Å². The van der Waals surface area contributed by atoms with E-state index in [9.17, 15) is 9.90 Å². The molecule has 1 unspecified atom stereocenters. The number of pyridine rings is 1. The van der Waals surface area contributed by atoms with Crippen LogP contribution in [0.25, 0.3) is 22.0 Å². The third-order valence-electron chi connectivity index (χ3n) is 6.75. The fourth-order valence-electron chi connectivity index (χ4n) is 4.90. The van der Waals surface area contributed by atoms with Crippen molar-refractivity contribution in [3.8, 4) is 16.9 Å². The lowest BCUT2D eigenvalue weighted by Gasteiger charge is -2.30. The van der Waals surface area contributed by atoms with Gasteiger partial charge >= 0.3 is 0 Å². The van der Waals surface area contributed by atoms with Gasteiger partial charge in [-0.05, 0) is 58.1 Å². The van der Waals surface area contributed by atoms with Gasteiger partial charge in [-0.2, -0.15) is 0 Å². The molecule has 6 rings (SSSR count). The average molecular weight is 450 g/mol. The van der Waals surface area contributed by atoms with Gasteiger partial charge in [0, 0.05) is 25.5 Å². The summed E-state index contributed by atoms with van der Waals surface area (Å²) in [4.78, 5) is 17.1. The second-order valence-electron chi connectivity index (χ2n) is 8.80. The minimum atomic E-state index is -1.49. The van der Waals surface area contributed by atoms with Gasteiger partial charge in [-0.25, -0.2) is 4.98 Å². The molecule has 0 amide bonds. The molecule has 6 bridgehead atoms. The highest BCUT2D eigenvalue weighted by molar-refractivity contribution is 5.95. The Balaban J connectivity index is 1.76. The number of aryl methyl sites for hydroxylation is 2. The van der Waals surface area contributed by atoms with Crippen molar-refractivity contribution >= 4 is 10.9 Å². The first-order valence-corrected chi connectivity index (χ1v) is 11.1. The van der Waals surface area contributed by atoms with E-state index in [1.165, 1.54) is 0 Å². The maximum absolute atomic E-state index is 12.8. The highest BCUT2D eigenvalue weighted by Crippen LogP contribution is 2.40. The maximum atomic E-state index is 12.8. The summed E-state index contributed by atoms with van der Waals surface area (Å²) in [6.07, 6.45) is 3.36. The standard InChI is InChI=1S/C28H23N3O3/c1-30-17-29-15-26(30)28(33)20-7-4-8-22(12-20)34-16-18-5-3-6-19(11-18)23-14-27(32)31(2)25-10-9-21(28)13-24(23)25/h3-15,17,33H,16H2,1-2H3. The number of benzene rings is 3.